The van der Waals surface area contributed by atoms with E-state index >= 15 is 0 Å². The first-order chi connectivity index (χ1) is 10.7. The van der Waals surface area contributed by atoms with Crippen molar-refractivity contribution in [1.82, 2.24) is 4.98 Å². The minimum atomic E-state index is -3.48. The second-order valence-corrected chi connectivity index (χ2v) is 8.16. The highest BCUT2D eigenvalue weighted by Gasteiger charge is 2.18. The number of aromatic nitrogens is 1. The number of aryl methyl sites for hydroxylation is 2. The molecule has 0 spiro atoms. The summed E-state index contributed by atoms with van der Waals surface area (Å²) in [5.41, 5.74) is 1.15. The molecule has 124 valence electrons. The fourth-order valence-corrected chi connectivity index (χ4v) is 3.56. The number of sulfone groups is 1. The van der Waals surface area contributed by atoms with Crippen molar-refractivity contribution in [3.05, 3.63) is 50.7 Å². The SMILES string of the molecule is Cc1nc(C)c(Cl)c(OCCS(=O)(=O)c2ccc(Cl)cc2)c1Cl. The number of halogens is 3. The third kappa shape index (κ3) is 4.29. The standard InChI is InChI=1S/C15H14Cl3NO3S/c1-9-13(17)15(14(18)10(2)19-9)22-7-8-23(20,21)12-5-3-11(16)4-6-12/h3-6H,7-8H2,1-2H3. The quantitative estimate of drug-likeness (QED) is 0.748. The average molecular weight is 395 g/mol. The maximum Gasteiger partial charge on any atom is 0.181 e. The lowest BCUT2D eigenvalue weighted by Crippen LogP contribution is -2.15. The molecule has 23 heavy (non-hydrogen) atoms. The van der Waals surface area contributed by atoms with Crippen LogP contribution in [0.15, 0.2) is 29.2 Å². The Morgan fingerprint density at radius 3 is 2.04 bits per heavy atom. The van der Waals surface area contributed by atoms with Crippen LogP contribution in [0.3, 0.4) is 0 Å². The van der Waals surface area contributed by atoms with Gasteiger partial charge in [0.2, 0.25) is 0 Å². The van der Waals surface area contributed by atoms with Crippen molar-refractivity contribution < 1.29 is 13.2 Å². The van der Waals surface area contributed by atoms with Gasteiger partial charge in [0.1, 0.15) is 16.7 Å². The molecular formula is C15H14Cl3NO3S. The van der Waals surface area contributed by atoms with E-state index in [0.717, 1.165) is 0 Å². The lowest BCUT2D eigenvalue weighted by Gasteiger charge is -2.13. The van der Waals surface area contributed by atoms with Crippen molar-refractivity contribution in [3.63, 3.8) is 0 Å². The molecule has 0 bridgehead atoms. The predicted octanol–water partition coefficient (Wildman–Crippen LogP) is 4.51. The molecule has 0 radical (unpaired) electrons. The third-order valence-corrected chi connectivity index (χ3v) is 5.98. The zero-order valence-electron chi connectivity index (χ0n) is 12.4. The molecule has 8 heteroatoms. The van der Waals surface area contributed by atoms with Crippen LogP contribution in [-0.2, 0) is 9.84 Å². The van der Waals surface area contributed by atoms with Crippen LogP contribution in [0, 0.1) is 13.8 Å². The molecule has 0 N–H and O–H groups in total. The summed E-state index contributed by atoms with van der Waals surface area (Å²) in [6, 6.07) is 5.97. The summed E-state index contributed by atoms with van der Waals surface area (Å²) in [4.78, 5) is 4.36. The highest BCUT2D eigenvalue weighted by Crippen LogP contribution is 2.36. The molecule has 0 saturated heterocycles. The molecule has 1 aromatic carbocycles. The van der Waals surface area contributed by atoms with Crippen LogP contribution in [0.1, 0.15) is 11.4 Å². The average Bonchev–Trinajstić information content (AvgIpc) is 2.49. The molecule has 4 nitrogen and oxygen atoms in total. The van der Waals surface area contributed by atoms with Crippen LogP contribution in [-0.4, -0.2) is 25.8 Å². The lowest BCUT2D eigenvalue weighted by atomic mass is 10.3. The Kier molecular flexibility index (Phi) is 5.79. The summed E-state index contributed by atoms with van der Waals surface area (Å²) >= 11 is 18.0. The van der Waals surface area contributed by atoms with E-state index in [0.29, 0.717) is 16.4 Å². The smallest absolute Gasteiger partial charge is 0.181 e. The number of ether oxygens (including phenoxy) is 1. The molecule has 2 aromatic rings. The molecule has 1 aromatic heterocycles. The number of nitrogens with zero attached hydrogens (tertiary/aromatic N) is 1. The molecule has 0 fully saturated rings. The van der Waals surface area contributed by atoms with E-state index in [-0.39, 0.29) is 33.0 Å². The van der Waals surface area contributed by atoms with E-state index < -0.39 is 9.84 Å². The Hall–Kier alpha value is -1.01. The Labute approximate surface area is 150 Å². The largest absolute Gasteiger partial charge is 0.489 e. The van der Waals surface area contributed by atoms with E-state index in [1.54, 1.807) is 13.8 Å². The Balaban J connectivity index is 2.12. The van der Waals surface area contributed by atoms with Crippen LogP contribution in [0.25, 0.3) is 0 Å². The van der Waals surface area contributed by atoms with Gasteiger partial charge in [-0.15, -0.1) is 0 Å². The summed E-state index contributed by atoms with van der Waals surface area (Å²) in [5.74, 6) is 0.0477. The van der Waals surface area contributed by atoms with Gasteiger partial charge in [0.05, 0.1) is 22.0 Å². The Morgan fingerprint density at radius 1 is 1.00 bits per heavy atom. The second-order valence-electron chi connectivity index (χ2n) is 4.86. The summed E-state index contributed by atoms with van der Waals surface area (Å²) < 4.78 is 30.0. The number of hydrogen-bond donors (Lipinski definition) is 0. The first kappa shape index (κ1) is 18.3. The van der Waals surface area contributed by atoms with Crippen molar-refractivity contribution in [2.75, 3.05) is 12.4 Å². The number of pyridine rings is 1. The maximum atomic E-state index is 12.2. The van der Waals surface area contributed by atoms with Crippen molar-refractivity contribution >= 4 is 44.6 Å². The molecule has 0 aliphatic heterocycles. The van der Waals surface area contributed by atoms with E-state index in [1.807, 2.05) is 0 Å². The topological polar surface area (TPSA) is 56.3 Å². The first-order valence-corrected chi connectivity index (χ1v) is 9.44. The van der Waals surface area contributed by atoms with Crippen molar-refractivity contribution in [3.8, 4) is 5.75 Å². The maximum absolute atomic E-state index is 12.2. The van der Waals surface area contributed by atoms with Gasteiger partial charge in [0, 0.05) is 5.02 Å². The van der Waals surface area contributed by atoms with Gasteiger partial charge in [-0.1, -0.05) is 34.8 Å². The van der Waals surface area contributed by atoms with Gasteiger partial charge in [0.15, 0.2) is 15.6 Å². The normalized spacial score (nSPS) is 11.5. The van der Waals surface area contributed by atoms with Crippen LogP contribution in [0.5, 0.6) is 5.75 Å². The van der Waals surface area contributed by atoms with Gasteiger partial charge in [0.25, 0.3) is 0 Å². The van der Waals surface area contributed by atoms with Crippen LogP contribution in [0.4, 0.5) is 0 Å². The van der Waals surface area contributed by atoms with Crippen molar-refractivity contribution in [1.29, 1.82) is 0 Å². The molecule has 2 rings (SSSR count). The molecule has 0 unspecified atom stereocenters. The molecule has 0 saturated carbocycles. The van der Waals surface area contributed by atoms with Crippen molar-refractivity contribution in [2.24, 2.45) is 0 Å². The number of hydrogen-bond acceptors (Lipinski definition) is 4. The molecular weight excluding hydrogens is 381 g/mol. The van der Waals surface area contributed by atoms with Gasteiger partial charge in [-0.2, -0.15) is 0 Å². The molecule has 0 aliphatic rings. The molecule has 0 amide bonds. The Bertz CT molecular complexity index is 795. The van der Waals surface area contributed by atoms with E-state index in [1.165, 1.54) is 24.3 Å². The highest BCUT2D eigenvalue weighted by molar-refractivity contribution is 7.91. The summed E-state index contributed by atoms with van der Waals surface area (Å²) in [6.45, 7) is 3.37. The lowest BCUT2D eigenvalue weighted by molar-refractivity contribution is 0.340. The zero-order chi connectivity index (χ0) is 17.2. The monoisotopic (exact) mass is 393 g/mol. The molecule has 0 aliphatic carbocycles. The van der Waals surface area contributed by atoms with Gasteiger partial charge in [-0.3, -0.25) is 4.98 Å². The van der Waals surface area contributed by atoms with Gasteiger partial charge < -0.3 is 4.74 Å². The predicted molar refractivity (Wildman–Crippen MR) is 92.7 cm³/mol. The number of rotatable bonds is 5. The van der Waals surface area contributed by atoms with Crippen LogP contribution < -0.4 is 4.74 Å². The van der Waals surface area contributed by atoms with Gasteiger partial charge in [-0.25, -0.2) is 8.42 Å². The minimum Gasteiger partial charge on any atom is -0.489 e. The summed E-state index contributed by atoms with van der Waals surface area (Å²) in [5, 5.41) is 1.04. The molecule has 1 heterocycles. The number of benzene rings is 1. The fourth-order valence-electron chi connectivity index (χ4n) is 1.91. The van der Waals surface area contributed by atoms with E-state index in [2.05, 4.69) is 4.98 Å². The van der Waals surface area contributed by atoms with Crippen LogP contribution in [0.2, 0.25) is 15.1 Å². The van der Waals surface area contributed by atoms with Gasteiger partial charge >= 0.3 is 0 Å². The van der Waals surface area contributed by atoms with E-state index in [9.17, 15) is 8.42 Å². The first-order valence-electron chi connectivity index (χ1n) is 6.65. The van der Waals surface area contributed by atoms with Crippen molar-refractivity contribution in [2.45, 2.75) is 18.7 Å². The van der Waals surface area contributed by atoms with E-state index in [4.69, 9.17) is 39.5 Å². The zero-order valence-corrected chi connectivity index (χ0v) is 15.5. The summed E-state index contributed by atoms with van der Waals surface area (Å²) in [6.07, 6.45) is 0. The minimum absolute atomic E-state index is 0.0761. The van der Waals surface area contributed by atoms with Crippen LogP contribution >= 0.6 is 34.8 Å². The highest BCUT2D eigenvalue weighted by atomic mass is 35.5. The second kappa shape index (κ2) is 7.26. The third-order valence-electron chi connectivity index (χ3n) is 3.14. The van der Waals surface area contributed by atoms with Gasteiger partial charge in [-0.05, 0) is 38.1 Å². The molecule has 0 atom stereocenters. The summed E-state index contributed by atoms with van der Waals surface area (Å²) in [7, 11) is -3.48. The Morgan fingerprint density at radius 2 is 1.52 bits per heavy atom. The fraction of sp³-hybridized carbons (Fsp3) is 0.267.